The van der Waals surface area contributed by atoms with E-state index in [9.17, 15) is 4.79 Å². The summed E-state index contributed by atoms with van der Waals surface area (Å²) in [5, 5.41) is 6.00. The van der Waals surface area contributed by atoms with E-state index < -0.39 is 0 Å². The summed E-state index contributed by atoms with van der Waals surface area (Å²) >= 11 is 0. The fraction of sp³-hybridized carbons (Fsp3) is 0.211. The van der Waals surface area contributed by atoms with Crippen LogP contribution in [0.3, 0.4) is 0 Å². The topological polar surface area (TPSA) is 80.0 Å². The van der Waals surface area contributed by atoms with Crippen molar-refractivity contribution in [3.8, 4) is 0 Å². The van der Waals surface area contributed by atoms with Crippen LogP contribution in [0.2, 0.25) is 0 Å². The summed E-state index contributed by atoms with van der Waals surface area (Å²) in [6, 6.07) is 15.6. The van der Waals surface area contributed by atoms with Gasteiger partial charge in [-0.3, -0.25) is 4.79 Å². The van der Waals surface area contributed by atoms with E-state index in [0.717, 1.165) is 19.4 Å². The van der Waals surface area contributed by atoms with E-state index >= 15 is 0 Å². The van der Waals surface area contributed by atoms with Crippen LogP contribution in [0.4, 0.5) is 5.82 Å². The zero-order chi connectivity index (χ0) is 17.3. The lowest BCUT2D eigenvalue weighted by Gasteiger charge is -2.07. The molecule has 6 heteroatoms. The third-order valence-electron chi connectivity index (χ3n) is 3.69. The van der Waals surface area contributed by atoms with Crippen LogP contribution in [-0.2, 0) is 13.0 Å². The molecule has 0 aliphatic carbocycles. The van der Waals surface area contributed by atoms with Crippen molar-refractivity contribution in [2.45, 2.75) is 19.4 Å². The standard InChI is InChI=1S/C19H20N4O2/c24-19(21-13-16-9-5-11-25-16)17-12-18(23-14-22-17)20-10-4-8-15-6-2-1-3-7-15/h1-3,5-7,9,11-12,14H,4,8,10,13H2,(H,21,24)(H,20,22,23). The second-order valence-corrected chi connectivity index (χ2v) is 5.57. The molecule has 0 aliphatic heterocycles. The van der Waals surface area contributed by atoms with Crippen LogP contribution in [0.5, 0.6) is 0 Å². The van der Waals surface area contributed by atoms with E-state index in [0.29, 0.717) is 23.8 Å². The number of hydrogen-bond donors (Lipinski definition) is 2. The monoisotopic (exact) mass is 336 g/mol. The average Bonchev–Trinajstić information content (AvgIpc) is 3.18. The number of benzene rings is 1. The molecule has 0 fully saturated rings. The summed E-state index contributed by atoms with van der Waals surface area (Å²) in [5.41, 5.74) is 1.64. The number of anilines is 1. The Bertz CT molecular complexity index is 788. The van der Waals surface area contributed by atoms with Crippen LogP contribution >= 0.6 is 0 Å². The highest BCUT2D eigenvalue weighted by molar-refractivity contribution is 5.92. The van der Waals surface area contributed by atoms with Crippen LogP contribution in [0, 0.1) is 0 Å². The lowest BCUT2D eigenvalue weighted by molar-refractivity contribution is 0.0943. The van der Waals surface area contributed by atoms with Gasteiger partial charge < -0.3 is 15.1 Å². The first-order valence-corrected chi connectivity index (χ1v) is 8.22. The highest BCUT2D eigenvalue weighted by Gasteiger charge is 2.09. The number of furan rings is 1. The molecule has 0 aliphatic rings. The highest BCUT2D eigenvalue weighted by Crippen LogP contribution is 2.07. The van der Waals surface area contributed by atoms with Gasteiger partial charge >= 0.3 is 0 Å². The second-order valence-electron chi connectivity index (χ2n) is 5.57. The van der Waals surface area contributed by atoms with Crippen LogP contribution in [-0.4, -0.2) is 22.4 Å². The molecule has 0 saturated carbocycles. The molecule has 6 nitrogen and oxygen atoms in total. The van der Waals surface area contributed by atoms with E-state index in [1.54, 1.807) is 24.5 Å². The Morgan fingerprint density at radius 1 is 1.08 bits per heavy atom. The van der Waals surface area contributed by atoms with Crippen LogP contribution in [0.15, 0.2) is 65.5 Å². The second kappa shape index (κ2) is 8.63. The first-order chi connectivity index (χ1) is 12.3. The molecule has 0 radical (unpaired) electrons. The van der Waals surface area contributed by atoms with E-state index in [4.69, 9.17) is 4.42 Å². The van der Waals surface area contributed by atoms with Gasteiger partial charge in [0, 0.05) is 12.6 Å². The molecule has 1 amide bonds. The van der Waals surface area contributed by atoms with Gasteiger partial charge in [0.1, 0.15) is 23.6 Å². The minimum Gasteiger partial charge on any atom is -0.467 e. The molecule has 25 heavy (non-hydrogen) atoms. The van der Waals surface area contributed by atoms with E-state index in [1.165, 1.54) is 11.9 Å². The Hall–Kier alpha value is -3.15. The van der Waals surface area contributed by atoms with Gasteiger partial charge in [-0.25, -0.2) is 9.97 Å². The number of nitrogens with zero attached hydrogens (tertiary/aromatic N) is 2. The van der Waals surface area contributed by atoms with Gasteiger partial charge in [0.2, 0.25) is 0 Å². The van der Waals surface area contributed by atoms with Crippen molar-refractivity contribution in [1.29, 1.82) is 0 Å². The number of hydrogen-bond acceptors (Lipinski definition) is 5. The third-order valence-corrected chi connectivity index (χ3v) is 3.69. The normalized spacial score (nSPS) is 10.4. The summed E-state index contributed by atoms with van der Waals surface area (Å²) in [4.78, 5) is 20.3. The molecule has 0 unspecified atom stereocenters. The molecule has 3 rings (SSSR count). The maximum atomic E-state index is 12.1. The van der Waals surface area contributed by atoms with Crippen molar-refractivity contribution in [1.82, 2.24) is 15.3 Å². The molecule has 0 spiro atoms. The Labute approximate surface area is 146 Å². The number of carbonyl (C=O) groups is 1. The number of aromatic nitrogens is 2. The Kier molecular flexibility index (Phi) is 5.77. The summed E-state index contributed by atoms with van der Waals surface area (Å²) in [5.74, 6) is 1.08. The summed E-state index contributed by atoms with van der Waals surface area (Å²) in [7, 11) is 0. The number of amides is 1. The summed E-state index contributed by atoms with van der Waals surface area (Å²) in [6.45, 7) is 1.11. The predicted octanol–water partition coefficient (Wildman–Crippen LogP) is 3.04. The van der Waals surface area contributed by atoms with Crippen LogP contribution < -0.4 is 10.6 Å². The largest absolute Gasteiger partial charge is 0.467 e. The third kappa shape index (κ3) is 5.17. The van der Waals surface area contributed by atoms with Gasteiger partial charge in [-0.1, -0.05) is 30.3 Å². The Morgan fingerprint density at radius 3 is 2.76 bits per heavy atom. The number of nitrogens with one attached hydrogen (secondary N) is 2. The minimum atomic E-state index is -0.258. The van der Waals surface area contributed by atoms with Crippen molar-refractivity contribution in [3.05, 3.63) is 78.1 Å². The van der Waals surface area contributed by atoms with Crippen molar-refractivity contribution < 1.29 is 9.21 Å². The zero-order valence-electron chi connectivity index (χ0n) is 13.8. The summed E-state index contributed by atoms with van der Waals surface area (Å²) < 4.78 is 5.19. The molecule has 128 valence electrons. The molecule has 0 atom stereocenters. The molecule has 0 bridgehead atoms. The SMILES string of the molecule is O=C(NCc1ccco1)c1cc(NCCCc2ccccc2)ncn1. The fourth-order valence-corrected chi connectivity index (χ4v) is 2.40. The Balaban J connectivity index is 1.46. The molecule has 3 aromatic rings. The number of rotatable bonds is 8. The zero-order valence-corrected chi connectivity index (χ0v) is 13.8. The molecule has 1 aromatic carbocycles. The van der Waals surface area contributed by atoms with Crippen molar-refractivity contribution in [2.75, 3.05) is 11.9 Å². The number of carbonyl (C=O) groups excluding carboxylic acids is 1. The van der Waals surface area contributed by atoms with Gasteiger partial charge in [0.25, 0.3) is 5.91 Å². The average molecular weight is 336 g/mol. The Morgan fingerprint density at radius 2 is 1.96 bits per heavy atom. The van der Waals surface area contributed by atoms with Crippen molar-refractivity contribution in [3.63, 3.8) is 0 Å². The molecular weight excluding hydrogens is 316 g/mol. The van der Waals surface area contributed by atoms with E-state index in [1.807, 2.05) is 18.2 Å². The molecule has 0 saturated heterocycles. The first kappa shape index (κ1) is 16.7. The quantitative estimate of drug-likeness (QED) is 0.618. The maximum Gasteiger partial charge on any atom is 0.270 e. The molecule has 2 heterocycles. The van der Waals surface area contributed by atoms with Gasteiger partial charge in [-0.05, 0) is 30.5 Å². The van der Waals surface area contributed by atoms with Gasteiger partial charge in [-0.2, -0.15) is 0 Å². The van der Waals surface area contributed by atoms with Gasteiger partial charge in [-0.15, -0.1) is 0 Å². The fourth-order valence-electron chi connectivity index (χ4n) is 2.40. The highest BCUT2D eigenvalue weighted by atomic mass is 16.3. The van der Waals surface area contributed by atoms with Crippen molar-refractivity contribution >= 4 is 11.7 Å². The van der Waals surface area contributed by atoms with Crippen LogP contribution in [0.1, 0.15) is 28.2 Å². The van der Waals surface area contributed by atoms with Gasteiger partial charge in [0.15, 0.2) is 0 Å². The van der Waals surface area contributed by atoms with E-state index in [-0.39, 0.29) is 5.91 Å². The molecule has 2 N–H and O–H groups in total. The number of aryl methyl sites for hydroxylation is 1. The van der Waals surface area contributed by atoms with E-state index in [2.05, 4.69) is 32.7 Å². The predicted molar refractivity (Wildman–Crippen MR) is 95.2 cm³/mol. The maximum absolute atomic E-state index is 12.1. The smallest absolute Gasteiger partial charge is 0.270 e. The lowest BCUT2D eigenvalue weighted by atomic mass is 10.1. The lowest BCUT2D eigenvalue weighted by Crippen LogP contribution is -2.23. The summed E-state index contributed by atoms with van der Waals surface area (Å²) in [6.07, 6.45) is 4.94. The van der Waals surface area contributed by atoms with Gasteiger partial charge in [0.05, 0.1) is 12.8 Å². The molecule has 2 aromatic heterocycles. The minimum absolute atomic E-state index is 0.258. The van der Waals surface area contributed by atoms with Crippen LogP contribution in [0.25, 0.3) is 0 Å². The first-order valence-electron chi connectivity index (χ1n) is 8.22. The molecular formula is C19H20N4O2. The van der Waals surface area contributed by atoms with Crippen molar-refractivity contribution in [2.24, 2.45) is 0 Å².